The number of carbonyl (C=O) groups is 1. The Labute approximate surface area is 177 Å². The number of halogens is 1. The number of nitrogens with zero attached hydrogens (tertiary/aromatic N) is 4. The van der Waals surface area contributed by atoms with E-state index in [0.717, 1.165) is 10.2 Å². The van der Waals surface area contributed by atoms with E-state index in [1.54, 1.807) is 12.1 Å². The highest BCUT2D eigenvalue weighted by atomic mass is 79.9. The summed E-state index contributed by atoms with van der Waals surface area (Å²) < 4.78 is 9.07. The molecule has 10 heteroatoms. The second-order valence-electron chi connectivity index (χ2n) is 5.63. The Bertz CT molecular complexity index is 1120. The summed E-state index contributed by atoms with van der Waals surface area (Å²) in [6.07, 6.45) is 1.75. The largest absolute Gasteiger partial charge is 0.446 e. The minimum Gasteiger partial charge on any atom is -0.446 e. The average molecular weight is 476 g/mol. The number of benzene rings is 1. The number of thioether (sulfide) groups is 1. The maximum atomic E-state index is 12.3. The lowest BCUT2D eigenvalue weighted by Gasteiger charge is -2.06. The SMILES string of the molecule is C=CCn1c(SCC(=O)Nc2nc3ccccc3s2)nnc1-c1ccc(Br)o1. The lowest BCUT2D eigenvalue weighted by Crippen LogP contribution is -2.14. The van der Waals surface area contributed by atoms with E-state index in [0.29, 0.717) is 33.1 Å². The van der Waals surface area contributed by atoms with Crippen LogP contribution in [0.25, 0.3) is 21.8 Å². The summed E-state index contributed by atoms with van der Waals surface area (Å²) in [7, 11) is 0. The van der Waals surface area contributed by atoms with Gasteiger partial charge in [0.25, 0.3) is 0 Å². The lowest BCUT2D eigenvalue weighted by atomic mass is 10.3. The molecule has 4 rings (SSSR count). The lowest BCUT2D eigenvalue weighted by molar-refractivity contribution is -0.113. The number of rotatable bonds is 7. The third-order valence-corrected chi connectivity index (χ3v) is 6.04. The van der Waals surface area contributed by atoms with Gasteiger partial charge in [0.05, 0.1) is 16.0 Å². The van der Waals surface area contributed by atoms with Crippen LogP contribution < -0.4 is 5.32 Å². The second-order valence-corrected chi connectivity index (χ2v) is 8.39. The van der Waals surface area contributed by atoms with E-state index < -0.39 is 0 Å². The van der Waals surface area contributed by atoms with Crippen molar-refractivity contribution in [3.63, 3.8) is 0 Å². The van der Waals surface area contributed by atoms with Crippen LogP contribution in [0.1, 0.15) is 0 Å². The monoisotopic (exact) mass is 475 g/mol. The van der Waals surface area contributed by atoms with Gasteiger partial charge in [-0.05, 0) is 40.2 Å². The number of amides is 1. The van der Waals surface area contributed by atoms with Crippen LogP contribution in [0.4, 0.5) is 5.13 Å². The Morgan fingerprint density at radius 2 is 2.18 bits per heavy atom. The summed E-state index contributed by atoms with van der Waals surface area (Å²) >= 11 is 6.03. The zero-order chi connectivity index (χ0) is 19.5. The number of thiazole rings is 1. The van der Waals surface area contributed by atoms with E-state index in [1.165, 1.54) is 23.1 Å². The predicted octanol–water partition coefficient (Wildman–Crippen LogP) is 4.83. The standard InChI is InChI=1S/C18H14BrN5O2S2/c1-2-9-24-16(12-7-8-14(19)26-12)22-23-18(24)27-10-15(25)21-17-20-11-5-3-4-6-13(11)28-17/h2-8H,1,9-10H2,(H,20,21,25). The molecule has 1 N–H and O–H groups in total. The third-order valence-electron chi connectivity index (χ3n) is 3.69. The van der Waals surface area contributed by atoms with Gasteiger partial charge in [0.15, 0.2) is 20.7 Å². The number of carbonyl (C=O) groups excluding carboxylic acids is 1. The summed E-state index contributed by atoms with van der Waals surface area (Å²) in [4.78, 5) is 16.8. The Hall–Kier alpha value is -2.43. The molecule has 0 bridgehead atoms. The van der Waals surface area contributed by atoms with Crippen molar-refractivity contribution >= 4 is 60.3 Å². The first kappa shape index (κ1) is 18.9. The van der Waals surface area contributed by atoms with Crippen molar-refractivity contribution in [2.24, 2.45) is 0 Å². The Balaban J connectivity index is 1.45. The predicted molar refractivity (Wildman–Crippen MR) is 115 cm³/mol. The van der Waals surface area contributed by atoms with Crippen LogP contribution in [0.2, 0.25) is 0 Å². The highest BCUT2D eigenvalue weighted by Crippen LogP contribution is 2.28. The van der Waals surface area contributed by atoms with E-state index in [-0.39, 0.29) is 11.7 Å². The fraction of sp³-hybridized carbons (Fsp3) is 0.111. The summed E-state index contributed by atoms with van der Waals surface area (Å²) in [5.74, 6) is 1.21. The number of allylic oxidation sites excluding steroid dienone is 1. The van der Waals surface area contributed by atoms with Crippen molar-refractivity contribution in [1.82, 2.24) is 19.7 Å². The van der Waals surface area contributed by atoms with Crippen LogP contribution in [0.3, 0.4) is 0 Å². The molecule has 0 aliphatic heterocycles. The van der Waals surface area contributed by atoms with Crippen molar-refractivity contribution in [2.75, 3.05) is 11.1 Å². The highest BCUT2D eigenvalue weighted by molar-refractivity contribution is 9.10. The van der Waals surface area contributed by atoms with Crippen LogP contribution in [0.15, 0.2) is 63.3 Å². The molecule has 3 aromatic heterocycles. The summed E-state index contributed by atoms with van der Waals surface area (Å²) in [5, 5.41) is 12.4. The normalized spacial score (nSPS) is 11.0. The van der Waals surface area contributed by atoms with E-state index in [9.17, 15) is 4.79 Å². The first-order valence-corrected chi connectivity index (χ1v) is 10.8. The maximum Gasteiger partial charge on any atom is 0.236 e. The highest BCUT2D eigenvalue weighted by Gasteiger charge is 2.17. The van der Waals surface area contributed by atoms with Crippen molar-refractivity contribution in [3.05, 3.63) is 53.7 Å². The number of aromatic nitrogens is 4. The molecule has 0 spiro atoms. The van der Waals surface area contributed by atoms with Crippen LogP contribution in [0.5, 0.6) is 0 Å². The van der Waals surface area contributed by atoms with Crippen molar-refractivity contribution in [1.29, 1.82) is 0 Å². The number of hydrogen-bond acceptors (Lipinski definition) is 7. The summed E-state index contributed by atoms with van der Waals surface area (Å²) in [6.45, 7) is 4.28. The van der Waals surface area contributed by atoms with E-state index in [2.05, 4.69) is 43.0 Å². The van der Waals surface area contributed by atoms with E-state index >= 15 is 0 Å². The van der Waals surface area contributed by atoms with Gasteiger partial charge < -0.3 is 9.73 Å². The van der Waals surface area contributed by atoms with Gasteiger partial charge in [-0.15, -0.1) is 16.8 Å². The molecule has 0 fully saturated rings. The van der Waals surface area contributed by atoms with E-state index in [1.807, 2.05) is 34.9 Å². The van der Waals surface area contributed by atoms with E-state index in [4.69, 9.17) is 4.42 Å². The zero-order valence-electron chi connectivity index (χ0n) is 14.5. The fourth-order valence-electron chi connectivity index (χ4n) is 2.52. The Morgan fingerprint density at radius 3 is 2.93 bits per heavy atom. The molecule has 0 saturated heterocycles. The number of nitrogens with one attached hydrogen (secondary N) is 1. The van der Waals surface area contributed by atoms with Gasteiger partial charge >= 0.3 is 0 Å². The smallest absolute Gasteiger partial charge is 0.236 e. The molecule has 0 radical (unpaired) electrons. The quantitative estimate of drug-likeness (QED) is 0.304. The van der Waals surface area contributed by atoms with Crippen LogP contribution in [-0.4, -0.2) is 31.4 Å². The van der Waals surface area contributed by atoms with Gasteiger partial charge in [0.1, 0.15) is 0 Å². The maximum absolute atomic E-state index is 12.3. The molecule has 3 heterocycles. The van der Waals surface area contributed by atoms with Crippen LogP contribution in [-0.2, 0) is 11.3 Å². The van der Waals surface area contributed by atoms with Gasteiger partial charge in [-0.1, -0.05) is 41.3 Å². The summed E-state index contributed by atoms with van der Waals surface area (Å²) in [6, 6.07) is 11.4. The molecule has 28 heavy (non-hydrogen) atoms. The zero-order valence-corrected chi connectivity index (χ0v) is 17.7. The average Bonchev–Trinajstić information content (AvgIpc) is 3.38. The topological polar surface area (TPSA) is 85.8 Å². The molecule has 142 valence electrons. The number of para-hydroxylation sites is 1. The number of fused-ring (bicyclic) bond motifs is 1. The minimum absolute atomic E-state index is 0.153. The van der Waals surface area contributed by atoms with Gasteiger partial charge in [-0.25, -0.2) is 4.98 Å². The first-order valence-electron chi connectivity index (χ1n) is 8.22. The molecule has 0 saturated carbocycles. The number of anilines is 1. The molecule has 4 aromatic rings. The van der Waals surface area contributed by atoms with Crippen molar-refractivity contribution in [3.8, 4) is 11.6 Å². The molecule has 1 aromatic carbocycles. The second kappa shape index (κ2) is 8.29. The van der Waals surface area contributed by atoms with Crippen LogP contribution >= 0.6 is 39.0 Å². The first-order chi connectivity index (χ1) is 13.6. The molecule has 0 unspecified atom stereocenters. The molecule has 0 aliphatic rings. The van der Waals surface area contributed by atoms with Gasteiger partial charge in [-0.2, -0.15) is 0 Å². The van der Waals surface area contributed by atoms with Crippen molar-refractivity contribution < 1.29 is 9.21 Å². The Morgan fingerprint density at radius 1 is 1.32 bits per heavy atom. The summed E-state index contributed by atoms with van der Waals surface area (Å²) in [5.41, 5.74) is 0.871. The van der Waals surface area contributed by atoms with Gasteiger partial charge in [0, 0.05) is 6.54 Å². The third kappa shape index (κ3) is 4.03. The van der Waals surface area contributed by atoms with Gasteiger partial charge in [0.2, 0.25) is 11.7 Å². The number of furan rings is 1. The van der Waals surface area contributed by atoms with Crippen LogP contribution in [0, 0.1) is 0 Å². The fourth-order valence-corrected chi connectivity index (χ4v) is 4.45. The molecule has 0 aliphatic carbocycles. The molecule has 0 atom stereocenters. The number of hydrogen-bond donors (Lipinski definition) is 1. The molecule has 7 nitrogen and oxygen atoms in total. The minimum atomic E-state index is -0.153. The molecular formula is C18H14BrN5O2S2. The van der Waals surface area contributed by atoms with Crippen molar-refractivity contribution in [2.45, 2.75) is 11.7 Å². The Kier molecular flexibility index (Phi) is 5.60. The van der Waals surface area contributed by atoms with Gasteiger partial charge in [-0.3, -0.25) is 9.36 Å². The molecule has 1 amide bonds. The molecular weight excluding hydrogens is 462 g/mol.